The number of hydrogen-bond donors (Lipinski definition) is 1. The molecule has 96 valence electrons. The van der Waals surface area contributed by atoms with Gasteiger partial charge in [-0.05, 0) is 52.7 Å². The molecule has 2 N–H and O–H groups in total. The first kappa shape index (κ1) is 12.2. The minimum absolute atomic E-state index is 0.288. The second-order valence-corrected chi connectivity index (χ2v) is 5.20. The molecule has 3 nitrogen and oxygen atoms in total. The van der Waals surface area contributed by atoms with Gasteiger partial charge in [-0.15, -0.1) is 0 Å². The van der Waals surface area contributed by atoms with E-state index in [0.717, 1.165) is 22.3 Å². The van der Waals surface area contributed by atoms with Gasteiger partial charge in [-0.2, -0.15) is 0 Å². The van der Waals surface area contributed by atoms with Gasteiger partial charge in [-0.1, -0.05) is 12.1 Å². The van der Waals surface area contributed by atoms with Crippen LogP contribution in [0.3, 0.4) is 0 Å². The lowest BCUT2D eigenvalue weighted by Gasteiger charge is -2.11. The monoisotopic (exact) mass is 319 g/mol. The van der Waals surface area contributed by atoms with Gasteiger partial charge in [0, 0.05) is 0 Å². The van der Waals surface area contributed by atoms with Crippen LogP contribution in [0.4, 0.5) is 10.3 Å². The Morgan fingerprint density at radius 2 is 2.00 bits per heavy atom. The molecule has 19 heavy (non-hydrogen) atoms. The van der Waals surface area contributed by atoms with E-state index in [1.165, 1.54) is 6.07 Å². The van der Waals surface area contributed by atoms with Crippen molar-refractivity contribution in [2.45, 2.75) is 6.92 Å². The molecule has 0 unspecified atom stereocenters. The third-order valence-corrected chi connectivity index (χ3v) is 3.67. The Kier molecular flexibility index (Phi) is 2.78. The smallest absolute Gasteiger partial charge is 0.205 e. The zero-order chi connectivity index (χ0) is 13.6. The first-order valence-electron chi connectivity index (χ1n) is 5.77. The molecule has 3 aromatic rings. The van der Waals surface area contributed by atoms with Gasteiger partial charge in [0.15, 0.2) is 0 Å². The van der Waals surface area contributed by atoms with E-state index in [4.69, 9.17) is 5.73 Å². The van der Waals surface area contributed by atoms with Crippen LogP contribution in [-0.4, -0.2) is 9.55 Å². The van der Waals surface area contributed by atoms with Gasteiger partial charge in [0.05, 0.1) is 21.2 Å². The number of imidazole rings is 1. The number of nitrogens with two attached hydrogens (primary N) is 1. The molecule has 3 rings (SSSR count). The second-order valence-electron chi connectivity index (χ2n) is 4.35. The maximum Gasteiger partial charge on any atom is 0.205 e. The van der Waals surface area contributed by atoms with Crippen molar-refractivity contribution >= 4 is 32.9 Å². The van der Waals surface area contributed by atoms with Crippen LogP contribution in [0.1, 0.15) is 5.56 Å². The molecule has 0 radical (unpaired) electrons. The molecule has 1 heterocycles. The normalized spacial score (nSPS) is 11.1. The predicted octanol–water partition coefficient (Wildman–Crippen LogP) is 3.82. The van der Waals surface area contributed by atoms with Crippen LogP contribution in [0.15, 0.2) is 40.9 Å². The van der Waals surface area contributed by atoms with Crippen LogP contribution >= 0.6 is 15.9 Å². The van der Waals surface area contributed by atoms with E-state index in [1.54, 1.807) is 6.07 Å². The highest BCUT2D eigenvalue weighted by Crippen LogP contribution is 2.28. The summed E-state index contributed by atoms with van der Waals surface area (Å²) in [5.41, 5.74) is 9.33. The number of anilines is 1. The van der Waals surface area contributed by atoms with Crippen LogP contribution in [0.5, 0.6) is 0 Å². The van der Waals surface area contributed by atoms with Gasteiger partial charge in [0.2, 0.25) is 5.95 Å². The summed E-state index contributed by atoms with van der Waals surface area (Å²) in [6.07, 6.45) is 0. The fraction of sp³-hybridized carbons (Fsp3) is 0.0714. The number of halogens is 2. The lowest BCUT2D eigenvalue weighted by atomic mass is 10.2. The van der Waals surface area contributed by atoms with Crippen LogP contribution in [0.2, 0.25) is 0 Å². The summed E-state index contributed by atoms with van der Waals surface area (Å²) in [6, 6.07) is 10.9. The molecule has 0 aliphatic heterocycles. The van der Waals surface area contributed by atoms with Crippen molar-refractivity contribution in [3.05, 3.63) is 52.3 Å². The fourth-order valence-corrected chi connectivity index (χ4v) is 2.51. The second kappa shape index (κ2) is 4.35. The topological polar surface area (TPSA) is 43.8 Å². The quantitative estimate of drug-likeness (QED) is 0.741. The first-order chi connectivity index (χ1) is 9.08. The highest BCUT2D eigenvalue weighted by molar-refractivity contribution is 9.10. The number of para-hydroxylation sites is 2. The van der Waals surface area contributed by atoms with E-state index in [9.17, 15) is 4.39 Å². The molecule has 5 heteroatoms. The number of aryl methyl sites for hydroxylation is 1. The third kappa shape index (κ3) is 1.90. The number of fused-ring (bicyclic) bond motifs is 1. The van der Waals surface area contributed by atoms with E-state index >= 15 is 0 Å². The van der Waals surface area contributed by atoms with E-state index < -0.39 is 0 Å². The summed E-state index contributed by atoms with van der Waals surface area (Å²) >= 11 is 3.20. The molecule has 0 bridgehead atoms. The molecule has 0 atom stereocenters. The van der Waals surface area contributed by atoms with Crippen molar-refractivity contribution < 1.29 is 4.39 Å². The Bertz CT molecular complexity index is 780. The van der Waals surface area contributed by atoms with Gasteiger partial charge in [0.1, 0.15) is 5.82 Å². The number of nitrogen functional groups attached to an aromatic ring is 1. The summed E-state index contributed by atoms with van der Waals surface area (Å²) in [6.45, 7) is 1.85. The molecule has 0 amide bonds. The number of benzene rings is 2. The molecular formula is C14H11BrFN3. The lowest BCUT2D eigenvalue weighted by molar-refractivity contribution is 0.619. The van der Waals surface area contributed by atoms with Gasteiger partial charge >= 0.3 is 0 Å². The van der Waals surface area contributed by atoms with Crippen LogP contribution in [0, 0.1) is 12.7 Å². The van der Waals surface area contributed by atoms with Gasteiger partial charge in [0.25, 0.3) is 0 Å². The molecule has 2 aromatic carbocycles. The molecule has 0 fully saturated rings. The average Bonchev–Trinajstić information content (AvgIpc) is 2.70. The summed E-state index contributed by atoms with van der Waals surface area (Å²) in [4.78, 5) is 4.31. The maximum atomic E-state index is 13.5. The summed E-state index contributed by atoms with van der Waals surface area (Å²) in [7, 11) is 0. The molecule has 0 saturated carbocycles. The highest BCUT2D eigenvalue weighted by Gasteiger charge is 2.13. The van der Waals surface area contributed by atoms with Crippen molar-refractivity contribution in [2.24, 2.45) is 0 Å². The maximum absolute atomic E-state index is 13.5. The van der Waals surface area contributed by atoms with E-state index in [-0.39, 0.29) is 5.82 Å². The van der Waals surface area contributed by atoms with Crippen molar-refractivity contribution in [3.8, 4) is 5.69 Å². The standard InChI is InChI=1S/C14H11BrFN3/c1-8-6-10(16)9(15)7-13(8)19-12-5-3-2-4-11(12)18-14(19)17/h2-7H,1H3,(H2,17,18). The number of nitrogens with zero attached hydrogens (tertiary/aromatic N) is 2. The van der Waals surface area contributed by atoms with Gasteiger partial charge in [-0.3, -0.25) is 4.57 Å². The van der Waals surface area contributed by atoms with Crippen molar-refractivity contribution in [1.29, 1.82) is 0 Å². The zero-order valence-corrected chi connectivity index (χ0v) is 11.8. The predicted molar refractivity (Wildman–Crippen MR) is 77.9 cm³/mol. The highest BCUT2D eigenvalue weighted by atomic mass is 79.9. The SMILES string of the molecule is Cc1cc(F)c(Br)cc1-n1c(N)nc2ccccc21. The first-order valence-corrected chi connectivity index (χ1v) is 6.56. The Morgan fingerprint density at radius 1 is 1.26 bits per heavy atom. The average molecular weight is 320 g/mol. The van der Waals surface area contributed by atoms with Crippen LogP contribution < -0.4 is 5.73 Å². The lowest BCUT2D eigenvalue weighted by Crippen LogP contribution is -2.03. The minimum atomic E-state index is -0.288. The largest absolute Gasteiger partial charge is 0.369 e. The third-order valence-electron chi connectivity index (χ3n) is 3.07. The van der Waals surface area contributed by atoms with Crippen LogP contribution in [0.25, 0.3) is 16.7 Å². The van der Waals surface area contributed by atoms with E-state index in [1.807, 2.05) is 35.8 Å². The minimum Gasteiger partial charge on any atom is -0.369 e. The fourth-order valence-electron chi connectivity index (χ4n) is 2.17. The summed E-state index contributed by atoms with van der Waals surface area (Å²) in [5.74, 6) is 0.104. The van der Waals surface area contributed by atoms with E-state index in [0.29, 0.717) is 10.4 Å². The molecule has 0 saturated heterocycles. The molecule has 1 aromatic heterocycles. The number of rotatable bonds is 1. The Labute approximate surface area is 118 Å². The van der Waals surface area contributed by atoms with Crippen molar-refractivity contribution in [3.63, 3.8) is 0 Å². The Morgan fingerprint density at radius 3 is 2.79 bits per heavy atom. The Hall–Kier alpha value is -1.88. The van der Waals surface area contributed by atoms with Gasteiger partial charge in [-0.25, -0.2) is 9.37 Å². The van der Waals surface area contributed by atoms with Crippen molar-refractivity contribution in [2.75, 3.05) is 5.73 Å². The molecule has 0 aliphatic carbocycles. The molecular weight excluding hydrogens is 309 g/mol. The molecule has 0 spiro atoms. The molecule has 0 aliphatic rings. The van der Waals surface area contributed by atoms with Gasteiger partial charge < -0.3 is 5.73 Å². The van der Waals surface area contributed by atoms with Crippen LogP contribution in [-0.2, 0) is 0 Å². The summed E-state index contributed by atoms with van der Waals surface area (Å²) < 4.78 is 15.7. The number of hydrogen-bond acceptors (Lipinski definition) is 2. The zero-order valence-electron chi connectivity index (χ0n) is 10.2. The number of aromatic nitrogens is 2. The summed E-state index contributed by atoms with van der Waals surface area (Å²) in [5, 5.41) is 0. The van der Waals surface area contributed by atoms with Crippen molar-refractivity contribution in [1.82, 2.24) is 9.55 Å². The van der Waals surface area contributed by atoms with E-state index in [2.05, 4.69) is 20.9 Å². The Balaban J connectivity index is 2.36.